The highest BCUT2D eigenvalue weighted by molar-refractivity contribution is 6.10. The topological polar surface area (TPSA) is 94.5 Å². The largest absolute Gasteiger partial charge is 0.507 e. The second kappa shape index (κ2) is 8.84. The van der Waals surface area contributed by atoms with E-state index >= 15 is 0 Å². The molecule has 0 fully saturated rings. The summed E-state index contributed by atoms with van der Waals surface area (Å²) in [5.74, 6) is 0.298. The molecule has 2 N–H and O–H groups in total. The van der Waals surface area contributed by atoms with Crippen LogP contribution in [-0.2, 0) is 0 Å². The van der Waals surface area contributed by atoms with Crippen LogP contribution in [0.5, 0.6) is 34.5 Å². The molecule has 0 radical (unpaired) electrons. The number of methoxy groups -OCH3 is 3. The third-order valence-corrected chi connectivity index (χ3v) is 3.74. The van der Waals surface area contributed by atoms with Crippen LogP contribution in [0, 0.1) is 0 Å². The summed E-state index contributed by atoms with van der Waals surface area (Å²) in [5, 5.41) is 20.1. The van der Waals surface area contributed by atoms with Gasteiger partial charge in [0.25, 0.3) is 0 Å². The summed E-state index contributed by atoms with van der Waals surface area (Å²) in [5.41, 5.74) is 0.407. The van der Waals surface area contributed by atoms with Gasteiger partial charge in [-0.15, -0.1) is 0 Å². The highest BCUT2D eigenvalue weighted by Crippen LogP contribution is 2.39. The Bertz CT molecular complexity index is 807. The zero-order valence-corrected chi connectivity index (χ0v) is 15.6. The molecule has 7 heteroatoms. The highest BCUT2D eigenvalue weighted by Gasteiger charge is 2.17. The Kier molecular flexibility index (Phi) is 6.54. The fourth-order valence-electron chi connectivity index (χ4n) is 2.54. The molecule has 2 rings (SSSR count). The standard InChI is InChI=1S/C20H22O7/c1-5-27-13-10-15(22)19(16(23)11-13)14(21)7-6-12-8-17(24-2)20(26-4)18(9-12)25-3/h6-11,22-23H,5H2,1-4H3/b7-6+. The molecule has 0 aliphatic carbocycles. The minimum Gasteiger partial charge on any atom is -0.507 e. The molecule has 7 nitrogen and oxygen atoms in total. The lowest BCUT2D eigenvalue weighted by atomic mass is 10.1. The fraction of sp³-hybridized carbons (Fsp3) is 0.250. The number of ketones is 1. The third-order valence-electron chi connectivity index (χ3n) is 3.74. The van der Waals surface area contributed by atoms with Gasteiger partial charge in [0.2, 0.25) is 5.75 Å². The van der Waals surface area contributed by atoms with E-state index in [1.54, 1.807) is 19.1 Å². The van der Waals surface area contributed by atoms with Gasteiger partial charge in [-0.05, 0) is 30.7 Å². The Morgan fingerprint density at radius 1 is 0.963 bits per heavy atom. The minimum atomic E-state index is -0.568. The van der Waals surface area contributed by atoms with Gasteiger partial charge in [-0.3, -0.25) is 4.79 Å². The molecule has 0 spiro atoms. The molecular formula is C20H22O7. The Hall–Kier alpha value is -3.35. The van der Waals surface area contributed by atoms with Crippen molar-refractivity contribution in [3.63, 3.8) is 0 Å². The van der Waals surface area contributed by atoms with E-state index in [9.17, 15) is 15.0 Å². The number of carbonyl (C=O) groups is 1. The molecule has 0 saturated heterocycles. The molecule has 0 aromatic heterocycles. The predicted molar refractivity (Wildman–Crippen MR) is 100 cm³/mol. The SMILES string of the molecule is CCOc1cc(O)c(C(=O)/C=C/c2cc(OC)c(OC)c(OC)c2)c(O)c1. The van der Waals surface area contributed by atoms with E-state index in [1.807, 2.05) is 0 Å². The molecule has 0 aliphatic rings. The molecule has 2 aromatic carbocycles. The van der Waals surface area contributed by atoms with Crippen LogP contribution in [-0.4, -0.2) is 43.9 Å². The number of hydrogen-bond acceptors (Lipinski definition) is 7. The van der Waals surface area contributed by atoms with Crippen molar-refractivity contribution in [3.8, 4) is 34.5 Å². The maximum atomic E-state index is 12.4. The average Bonchev–Trinajstić information content (AvgIpc) is 2.65. The number of rotatable bonds is 8. The van der Waals surface area contributed by atoms with Crippen molar-refractivity contribution in [3.05, 3.63) is 41.5 Å². The third kappa shape index (κ3) is 4.44. The molecule has 0 heterocycles. The van der Waals surface area contributed by atoms with Crippen LogP contribution < -0.4 is 18.9 Å². The van der Waals surface area contributed by atoms with Crippen LogP contribution in [0.25, 0.3) is 6.08 Å². The summed E-state index contributed by atoms with van der Waals surface area (Å²) in [6.07, 6.45) is 2.75. The van der Waals surface area contributed by atoms with Gasteiger partial charge in [0.15, 0.2) is 17.3 Å². The number of allylic oxidation sites excluding steroid dienone is 1. The number of ether oxygens (including phenoxy) is 4. The first-order valence-electron chi connectivity index (χ1n) is 8.16. The van der Waals surface area contributed by atoms with E-state index in [2.05, 4.69) is 0 Å². The van der Waals surface area contributed by atoms with Crippen molar-refractivity contribution in [1.82, 2.24) is 0 Å². The van der Waals surface area contributed by atoms with Crippen molar-refractivity contribution >= 4 is 11.9 Å². The molecule has 0 aliphatic heterocycles. The zero-order valence-electron chi connectivity index (χ0n) is 15.6. The maximum Gasteiger partial charge on any atom is 0.203 e. The first-order chi connectivity index (χ1) is 12.9. The Morgan fingerprint density at radius 3 is 1.96 bits per heavy atom. The van der Waals surface area contributed by atoms with Gasteiger partial charge in [0.1, 0.15) is 22.8 Å². The molecule has 0 unspecified atom stereocenters. The van der Waals surface area contributed by atoms with Crippen LogP contribution in [0.2, 0.25) is 0 Å². The molecule has 144 valence electrons. The Labute approximate surface area is 157 Å². The summed E-state index contributed by atoms with van der Waals surface area (Å²) in [7, 11) is 4.48. The Balaban J connectivity index is 2.34. The number of phenols is 2. The first kappa shape index (κ1) is 20.0. The molecule has 0 amide bonds. The zero-order chi connectivity index (χ0) is 20.0. The summed E-state index contributed by atoms with van der Waals surface area (Å²) < 4.78 is 21.0. The van der Waals surface area contributed by atoms with Crippen LogP contribution >= 0.6 is 0 Å². The summed E-state index contributed by atoms with van der Waals surface area (Å²) in [6.45, 7) is 2.14. The number of hydrogen-bond donors (Lipinski definition) is 2. The van der Waals surface area contributed by atoms with Gasteiger partial charge >= 0.3 is 0 Å². The molecule has 2 aromatic rings. The van der Waals surface area contributed by atoms with Crippen LogP contribution in [0.15, 0.2) is 30.3 Å². The van der Waals surface area contributed by atoms with Gasteiger partial charge in [0, 0.05) is 12.1 Å². The van der Waals surface area contributed by atoms with Crippen LogP contribution in [0.1, 0.15) is 22.8 Å². The molecule has 27 heavy (non-hydrogen) atoms. The highest BCUT2D eigenvalue weighted by atomic mass is 16.5. The van der Waals surface area contributed by atoms with E-state index in [-0.39, 0.29) is 22.8 Å². The fourth-order valence-corrected chi connectivity index (χ4v) is 2.54. The maximum absolute atomic E-state index is 12.4. The van der Waals surface area contributed by atoms with Gasteiger partial charge in [0.05, 0.1) is 27.9 Å². The second-order valence-electron chi connectivity index (χ2n) is 5.43. The normalized spacial score (nSPS) is 10.7. The average molecular weight is 374 g/mol. The summed E-state index contributed by atoms with van der Waals surface area (Å²) in [4.78, 5) is 12.4. The predicted octanol–water partition coefficient (Wildman–Crippen LogP) is 3.42. The van der Waals surface area contributed by atoms with Crippen molar-refractivity contribution in [2.75, 3.05) is 27.9 Å². The second-order valence-corrected chi connectivity index (χ2v) is 5.43. The van der Waals surface area contributed by atoms with Crippen molar-refractivity contribution < 1.29 is 34.0 Å². The quantitative estimate of drug-likeness (QED) is 0.540. The lowest BCUT2D eigenvalue weighted by molar-refractivity contribution is 0.104. The smallest absolute Gasteiger partial charge is 0.203 e. The number of carbonyl (C=O) groups excluding carboxylic acids is 1. The van der Waals surface area contributed by atoms with E-state index in [4.69, 9.17) is 18.9 Å². The molecule has 0 bridgehead atoms. The van der Waals surface area contributed by atoms with Gasteiger partial charge in [-0.25, -0.2) is 0 Å². The lowest BCUT2D eigenvalue weighted by Gasteiger charge is -2.12. The van der Waals surface area contributed by atoms with E-state index in [0.717, 1.165) is 0 Å². The van der Waals surface area contributed by atoms with Crippen molar-refractivity contribution in [1.29, 1.82) is 0 Å². The van der Waals surface area contributed by atoms with E-state index in [1.165, 1.54) is 45.6 Å². The summed E-state index contributed by atoms with van der Waals surface area (Å²) >= 11 is 0. The van der Waals surface area contributed by atoms with E-state index < -0.39 is 5.78 Å². The van der Waals surface area contributed by atoms with Crippen LogP contribution in [0.4, 0.5) is 0 Å². The monoisotopic (exact) mass is 374 g/mol. The molecular weight excluding hydrogens is 352 g/mol. The first-order valence-corrected chi connectivity index (χ1v) is 8.16. The van der Waals surface area contributed by atoms with Crippen LogP contribution in [0.3, 0.4) is 0 Å². The molecule has 0 atom stereocenters. The molecule has 0 saturated carbocycles. The van der Waals surface area contributed by atoms with Gasteiger partial charge in [-0.1, -0.05) is 6.08 Å². The number of aromatic hydroxyl groups is 2. The van der Waals surface area contributed by atoms with Crippen molar-refractivity contribution in [2.24, 2.45) is 0 Å². The van der Waals surface area contributed by atoms with Crippen molar-refractivity contribution in [2.45, 2.75) is 6.92 Å². The lowest BCUT2D eigenvalue weighted by Crippen LogP contribution is -1.98. The van der Waals surface area contributed by atoms with E-state index in [0.29, 0.717) is 29.4 Å². The number of phenolic OH excluding ortho intramolecular Hbond substituents is 2. The minimum absolute atomic E-state index is 0.206. The number of benzene rings is 2. The van der Waals surface area contributed by atoms with Gasteiger partial charge < -0.3 is 29.2 Å². The van der Waals surface area contributed by atoms with Gasteiger partial charge in [-0.2, -0.15) is 0 Å². The Morgan fingerprint density at radius 2 is 1.52 bits per heavy atom. The summed E-state index contributed by atoms with van der Waals surface area (Å²) in [6, 6.07) is 5.90.